The highest BCUT2D eigenvalue weighted by molar-refractivity contribution is 7.99. The predicted octanol–water partition coefficient (Wildman–Crippen LogP) is 4.73. The number of rotatable bonds is 9. The van der Waals surface area contributed by atoms with Crippen LogP contribution in [-0.4, -0.2) is 33.0 Å². The van der Waals surface area contributed by atoms with Crippen molar-refractivity contribution in [2.75, 3.05) is 17.7 Å². The molecule has 1 aromatic heterocycles. The van der Waals surface area contributed by atoms with Crippen LogP contribution in [0.25, 0.3) is 11.4 Å². The number of thioether (sulfide) groups is 1. The molecule has 0 saturated heterocycles. The molecule has 7 heteroatoms. The summed E-state index contributed by atoms with van der Waals surface area (Å²) in [4.78, 5) is 12.4. The smallest absolute Gasteiger partial charge is 0.234 e. The number of nitrogens with one attached hydrogen (secondary N) is 1. The highest BCUT2D eigenvalue weighted by Crippen LogP contribution is 2.25. The Morgan fingerprint density at radius 2 is 1.83 bits per heavy atom. The van der Waals surface area contributed by atoms with Crippen molar-refractivity contribution in [3.05, 3.63) is 54.6 Å². The van der Waals surface area contributed by atoms with E-state index in [9.17, 15) is 4.79 Å². The first-order valence-corrected chi connectivity index (χ1v) is 10.7. The lowest BCUT2D eigenvalue weighted by atomic mass is 10.2. The molecule has 0 saturated carbocycles. The van der Waals surface area contributed by atoms with E-state index in [1.54, 1.807) is 0 Å². The van der Waals surface area contributed by atoms with Crippen molar-refractivity contribution >= 4 is 23.4 Å². The van der Waals surface area contributed by atoms with E-state index in [0.29, 0.717) is 12.5 Å². The summed E-state index contributed by atoms with van der Waals surface area (Å²) in [5.74, 6) is 2.23. The molecule has 0 bridgehead atoms. The molecule has 0 unspecified atom stereocenters. The monoisotopic (exact) mass is 410 g/mol. The second-order valence-corrected chi connectivity index (χ2v) is 7.91. The van der Waals surface area contributed by atoms with E-state index in [4.69, 9.17) is 4.74 Å². The van der Waals surface area contributed by atoms with Crippen molar-refractivity contribution in [2.45, 2.75) is 32.5 Å². The number of anilines is 1. The molecule has 0 atom stereocenters. The third kappa shape index (κ3) is 5.84. The molecule has 1 heterocycles. The van der Waals surface area contributed by atoms with Gasteiger partial charge in [-0.3, -0.25) is 4.79 Å². The van der Waals surface area contributed by atoms with Gasteiger partial charge in [-0.25, -0.2) is 0 Å². The summed E-state index contributed by atoms with van der Waals surface area (Å²) in [6, 6.07) is 17.4. The van der Waals surface area contributed by atoms with Gasteiger partial charge in [0.25, 0.3) is 0 Å². The molecule has 29 heavy (non-hydrogen) atoms. The van der Waals surface area contributed by atoms with E-state index < -0.39 is 0 Å². The van der Waals surface area contributed by atoms with Gasteiger partial charge in [-0.15, -0.1) is 10.2 Å². The fourth-order valence-electron chi connectivity index (χ4n) is 2.85. The van der Waals surface area contributed by atoms with Gasteiger partial charge in [0.05, 0.1) is 12.4 Å². The highest BCUT2D eigenvalue weighted by Gasteiger charge is 2.16. The summed E-state index contributed by atoms with van der Waals surface area (Å²) < 4.78 is 7.51. The molecule has 0 aliphatic carbocycles. The van der Waals surface area contributed by atoms with Crippen molar-refractivity contribution in [2.24, 2.45) is 5.92 Å². The van der Waals surface area contributed by atoms with Gasteiger partial charge in [0.1, 0.15) is 5.75 Å². The topological polar surface area (TPSA) is 69.0 Å². The molecule has 2 aromatic carbocycles. The number of nitrogens with zero attached hydrogens (tertiary/aromatic N) is 3. The minimum atomic E-state index is -0.0838. The first kappa shape index (κ1) is 20.9. The summed E-state index contributed by atoms with van der Waals surface area (Å²) in [7, 11) is 0. The van der Waals surface area contributed by atoms with Gasteiger partial charge in [0.15, 0.2) is 11.0 Å². The van der Waals surface area contributed by atoms with E-state index >= 15 is 0 Å². The maximum atomic E-state index is 12.4. The molecule has 0 fully saturated rings. The lowest BCUT2D eigenvalue weighted by Crippen LogP contribution is -2.15. The maximum absolute atomic E-state index is 12.4. The normalized spacial score (nSPS) is 10.9. The largest absolute Gasteiger partial charge is 0.494 e. The molecule has 0 spiro atoms. The third-order valence-electron chi connectivity index (χ3n) is 4.08. The number of carbonyl (C=O) groups is 1. The van der Waals surface area contributed by atoms with Gasteiger partial charge >= 0.3 is 0 Å². The second-order valence-electron chi connectivity index (χ2n) is 6.97. The first-order chi connectivity index (χ1) is 14.1. The molecule has 0 aliphatic heterocycles. The summed E-state index contributed by atoms with van der Waals surface area (Å²) in [6.45, 7) is 7.66. The molecule has 0 radical (unpaired) electrons. The van der Waals surface area contributed by atoms with Crippen molar-refractivity contribution in [3.8, 4) is 17.1 Å². The van der Waals surface area contributed by atoms with Crippen LogP contribution in [0.1, 0.15) is 20.8 Å². The van der Waals surface area contributed by atoms with Crippen LogP contribution in [0.3, 0.4) is 0 Å². The number of carbonyl (C=O) groups excluding carboxylic acids is 1. The SMILES string of the molecule is CCOc1ccc(NC(=O)CSc2nnc(-c3ccccc3)n2CC(C)C)cc1. The number of ether oxygens (including phenoxy) is 1. The number of hydrogen-bond acceptors (Lipinski definition) is 5. The Bertz CT molecular complexity index is 924. The first-order valence-electron chi connectivity index (χ1n) is 9.71. The molecular formula is C22H26N4O2S. The van der Waals surface area contributed by atoms with Gasteiger partial charge in [-0.1, -0.05) is 55.9 Å². The average Bonchev–Trinajstić information content (AvgIpc) is 3.10. The summed E-state index contributed by atoms with van der Waals surface area (Å²) in [5.41, 5.74) is 1.76. The van der Waals surface area contributed by atoms with E-state index in [0.717, 1.165) is 34.5 Å². The van der Waals surface area contributed by atoms with E-state index in [1.165, 1.54) is 11.8 Å². The minimum absolute atomic E-state index is 0.0838. The fraction of sp³-hybridized carbons (Fsp3) is 0.318. The standard InChI is InChI=1S/C22H26N4O2S/c1-4-28-19-12-10-18(11-13-19)23-20(27)15-29-22-25-24-21(26(22)14-16(2)3)17-8-6-5-7-9-17/h5-13,16H,4,14-15H2,1-3H3,(H,23,27). The Hall–Kier alpha value is -2.80. The highest BCUT2D eigenvalue weighted by atomic mass is 32.2. The molecule has 6 nitrogen and oxygen atoms in total. The van der Waals surface area contributed by atoms with Gasteiger partial charge in [-0.05, 0) is 37.1 Å². The Balaban J connectivity index is 1.66. The number of benzene rings is 2. The van der Waals surface area contributed by atoms with Gasteiger partial charge < -0.3 is 14.6 Å². The molecule has 152 valence electrons. The molecule has 0 aliphatic rings. The Kier molecular flexibility index (Phi) is 7.30. The van der Waals surface area contributed by atoms with Crippen LogP contribution in [0.2, 0.25) is 0 Å². The fourth-order valence-corrected chi connectivity index (χ4v) is 3.60. The Morgan fingerprint density at radius 1 is 1.10 bits per heavy atom. The number of hydrogen-bond donors (Lipinski definition) is 1. The minimum Gasteiger partial charge on any atom is -0.494 e. The van der Waals surface area contributed by atoms with Crippen molar-refractivity contribution in [1.29, 1.82) is 0 Å². The van der Waals surface area contributed by atoms with Crippen LogP contribution in [0, 0.1) is 5.92 Å². The maximum Gasteiger partial charge on any atom is 0.234 e. The lowest BCUT2D eigenvalue weighted by Gasteiger charge is -2.12. The van der Waals surface area contributed by atoms with Crippen molar-refractivity contribution in [1.82, 2.24) is 14.8 Å². The summed E-state index contributed by atoms with van der Waals surface area (Å²) >= 11 is 1.40. The third-order valence-corrected chi connectivity index (χ3v) is 5.04. The van der Waals surface area contributed by atoms with Gasteiger partial charge in [-0.2, -0.15) is 0 Å². The Labute approximate surface area is 175 Å². The molecule has 1 amide bonds. The van der Waals surface area contributed by atoms with Gasteiger partial charge in [0, 0.05) is 17.8 Å². The van der Waals surface area contributed by atoms with Crippen LogP contribution in [0.15, 0.2) is 59.8 Å². The quantitative estimate of drug-likeness (QED) is 0.517. The van der Waals surface area contributed by atoms with Crippen LogP contribution in [-0.2, 0) is 11.3 Å². The van der Waals surface area contributed by atoms with Crippen LogP contribution >= 0.6 is 11.8 Å². The zero-order valence-electron chi connectivity index (χ0n) is 17.0. The summed E-state index contributed by atoms with van der Waals surface area (Å²) in [5, 5.41) is 12.4. The second kappa shape index (κ2) is 10.1. The molecular weight excluding hydrogens is 384 g/mol. The van der Waals surface area contributed by atoms with Crippen LogP contribution in [0.5, 0.6) is 5.75 Å². The predicted molar refractivity (Wildman–Crippen MR) is 117 cm³/mol. The number of amides is 1. The van der Waals surface area contributed by atoms with E-state index in [-0.39, 0.29) is 11.7 Å². The zero-order valence-corrected chi connectivity index (χ0v) is 17.8. The summed E-state index contributed by atoms with van der Waals surface area (Å²) in [6.07, 6.45) is 0. The van der Waals surface area contributed by atoms with Crippen LogP contribution < -0.4 is 10.1 Å². The lowest BCUT2D eigenvalue weighted by molar-refractivity contribution is -0.113. The van der Waals surface area contributed by atoms with E-state index in [1.807, 2.05) is 61.5 Å². The zero-order chi connectivity index (χ0) is 20.6. The average molecular weight is 411 g/mol. The Morgan fingerprint density at radius 3 is 2.48 bits per heavy atom. The van der Waals surface area contributed by atoms with Gasteiger partial charge in [0.2, 0.25) is 5.91 Å². The molecule has 3 rings (SSSR count). The molecule has 3 aromatic rings. The van der Waals surface area contributed by atoms with Crippen molar-refractivity contribution < 1.29 is 9.53 Å². The number of aromatic nitrogens is 3. The van der Waals surface area contributed by atoms with Crippen molar-refractivity contribution in [3.63, 3.8) is 0 Å². The van der Waals surface area contributed by atoms with Crippen LogP contribution in [0.4, 0.5) is 5.69 Å². The molecule has 1 N–H and O–H groups in total. The van der Waals surface area contributed by atoms with E-state index in [2.05, 4.69) is 33.9 Å².